The van der Waals surface area contributed by atoms with Crippen LogP contribution >= 0.6 is 0 Å². The van der Waals surface area contributed by atoms with Crippen molar-refractivity contribution < 1.29 is 4.79 Å². The van der Waals surface area contributed by atoms with Crippen molar-refractivity contribution in [2.45, 2.75) is 65.5 Å². The average molecular weight is 280 g/mol. The maximum absolute atomic E-state index is 12.2. The second-order valence-corrected chi connectivity index (χ2v) is 5.38. The molecule has 0 aliphatic carbocycles. The van der Waals surface area contributed by atoms with E-state index < -0.39 is 0 Å². The van der Waals surface area contributed by atoms with Gasteiger partial charge in [-0.25, -0.2) is 0 Å². The normalized spacial score (nSPS) is 12.4. The molecule has 1 atom stereocenters. The van der Waals surface area contributed by atoms with Crippen LogP contribution in [0.3, 0.4) is 0 Å². The molecular weight excluding hydrogens is 252 g/mol. The van der Waals surface area contributed by atoms with Crippen LogP contribution in [0.2, 0.25) is 0 Å². The fraction of sp³-hybridized carbons (Fsp3) is 0.733. The van der Waals surface area contributed by atoms with Gasteiger partial charge in [0.2, 0.25) is 0 Å². The molecule has 0 saturated carbocycles. The molecule has 1 aromatic heterocycles. The average Bonchev–Trinajstić information content (AvgIpc) is 2.78. The van der Waals surface area contributed by atoms with Gasteiger partial charge in [0.05, 0.1) is 11.8 Å². The molecule has 3 N–H and O–H groups in total. The quantitative estimate of drug-likeness (QED) is 0.681. The summed E-state index contributed by atoms with van der Waals surface area (Å²) < 4.78 is 1.85. The van der Waals surface area contributed by atoms with Gasteiger partial charge in [-0.2, -0.15) is 5.10 Å². The summed E-state index contributed by atoms with van der Waals surface area (Å²) in [5.41, 5.74) is 7.08. The third-order valence-electron chi connectivity index (χ3n) is 3.54. The number of unbranched alkanes of at least 4 members (excludes halogenated alkanes) is 2. The van der Waals surface area contributed by atoms with Crippen molar-refractivity contribution in [2.75, 3.05) is 6.54 Å². The van der Waals surface area contributed by atoms with Crippen LogP contribution in [0.5, 0.6) is 0 Å². The van der Waals surface area contributed by atoms with Gasteiger partial charge in [-0.15, -0.1) is 0 Å². The first-order valence-electron chi connectivity index (χ1n) is 7.63. The van der Waals surface area contributed by atoms with Gasteiger partial charge < -0.3 is 11.1 Å². The first-order valence-corrected chi connectivity index (χ1v) is 7.63. The van der Waals surface area contributed by atoms with E-state index in [2.05, 4.69) is 24.3 Å². The third-order valence-corrected chi connectivity index (χ3v) is 3.54. The fourth-order valence-corrected chi connectivity index (χ4v) is 2.21. The molecule has 1 unspecified atom stereocenters. The Kier molecular flexibility index (Phi) is 7.30. The summed E-state index contributed by atoms with van der Waals surface area (Å²) in [6, 6.07) is 0.209. The van der Waals surface area contributed by atoms with Gasteiger partial charge in [-0.3, -0.25) is 9.48 Å². The molecule has 0 fully saturated rings. The highest BCUT2D eigenvalue weighted by Gasteiger charge is 2.15. The Morgan fingerprint density at radius 3 is 2.85 bits per heavy atom. The van der Waals surface area contributed by atoms with Crippen LogP contribution in [0, 0.1) is 6.92 Å². The van der Waals surface area contributed by atoms with Crippen LogP contribution in [-0.2, 0) is 6.54 Å². The first-order chi connectivity index (χ1) is 9.60. The zero-order valence-corrected chi connectivity index (χ0v) is 13.0. The molecule has 0 aliphatic rings. The molecule has 1 heterocycles. The molecule has 5 heteroatoms. The van der Waals surface area contributed by atoms with E-state index in [9.17, 15) is 4.79 Å². The van der Waals surface area contributed by atoms with E-state index in [4.69, 9.17) is 5.73 Å². The maximum Gasteiger partial charge on any atom is 0.254 e. The van der Waals surface area contributed by atoms with Crippen molar-refractivity contribution in [2.24, 2.45) is 5.73 Å². The molecule has 1 amide bonds. The summed E-state index contributed by atoms with van der Waals surface area (Å²) in [6.45, 7) is 7.57. The van der Waals surface area contributed by atoms with E-state index in [0.29, 0.717) is 12.1 Å². The van der Waals surface area contributed by atoms with Crippen molar-refractivity contribution in [3.8, 4) is 0 Å². The number of aromatic nitrogens is 2. The van der Waals surface area contributed by atoms with Crippen molar-refractivity contribution >= 4 is 5.91 Å². The summed E-state index contributed by atoms with van der Waals surface area (Å²) in [6.07, 6.45) is 7.13. The highest BCUT2D eigenvalue weighted by molar-refractivity contribution is 5.95. The van der Waals surface area contributed by atoms with E-state index in [1.165, 1.54) is 12.8 Å². The number of hydrogen-bond acceptors (Lipinski definition) is 3. The van der Waals surface area contributed by atoms with Crippen molar-refractivity contribution in [1.82, 2.24) is 15.1 Å². The number of hydrogen-bond donors (Lipinski definition) is 2. The lowest BCUT2D eigenvalue weighted by Gasteiger charge is -2.13. The summed E-state index contributed by atoms with van der Waals surface area (Å²) in [5.74, 6) is -0.0227. The van der Waals surface area contributed by atoms with E-state index >= 15 is 0 Å². The number of nitrogens with zero attached hydrogens (tertiary/aromatic N) is 2. The number of carbonyl (C=O) groups excluding carboxylic acids is 1. The zero-order chi connectivity index (χ0) is 15.0. The smallest absolute Gasteiger partial charge is 0.254 e. The molecule has 20 heavy (non-hydrogen) atoms. The van der Waals surface area contributed by atoms with Crippen LogP contribution in [0.25, 0.3) is 0 Å². The topological polar surface area (TPSA) is 72.9 Å². The monoisotopic (exact) mass is 280 g/mol. The molecule has 0 bridgehead atoms. The van der Waals surface area contributed by atoms with Crippen molar-refractivity contribution in [1.29, 1.82) is 0 Å². The van der Waals surface area contributed by atoms with Gasteiger partial charge in [-0.05, 0) is 33.2 Å². The SMILES string of the molecule is CCCCCC(C)NC(=O)c1cnn(CCCN)c1C. The van der Waals surface area contributed by atoms with Gasteiger partial charge in [0.1, 0.15) is 0 Å². The Morgan fingerprint density at radius 2 is 2.20 bits per heavy atom. The molecule has 0 spiro atoms. The number of nitrogens with one attached hydrogen (secondary N) is 1. The Balaban J connectivity index is 2.52. The Morgan fingerprint density at radius 1 is 1.45 bits per heavy atom. The zero-order valence-electron chi connectivity index (χ0n) is 13.0. The number of aryl methyl sites for hydroxylation is 1. The summed E-state index contributed by atoms with van der Waals surface area (Å²) in [7, 11) is 0. The van der Waals surface area contributed by atoms with Crippen LogP contribution in [-0.4, -0.2) is 28.3 Å². The molecule has 1 aromatic rings. The lowest BCUT2D eigenvalue weighted by Crippen LogP contribution is -2.32. The van der Waals surface area contributed by atoms with Gasteiger partial charge in [0, 0.05) is 18.3 Å². The van der Waals surface area contributed by atoms with Crippen molar-refractivity contribution in [3.05, 3.63) is 17.5 Å². The summed E-state index contributed by atoms with van der Waals surface area (Å²) in [5, 5.41) is 7.31. The Hall–Kier alpha value is -1.36. The Bertz CT molecular complexity index is 414. The minimum atomic E-state index is -0.0227. The number of carbonyl (C=O) groups is 1. The molecule has 0 radical (unpaired) electrons. The molecule has 0 aliphatic heterocycles. The van der Waals surface area contributed by atoms with Gasteiger partial charge >= 0.3 is 0 Å². The standard InChI is InChI=1S/C15H28N4O/c1-4-5-6-8-12(2)18-15(20)14-11-17-19(13(14)3)10-7-9-16/h11-12H,4-10,16H2,1-3H3,(H,18,20). The predicted octanol–water partition coefficient (Wildman–Crippen LogP) is 2.24. The highest BCUT2D eigenvalue weighted by Crippen LogP contribution is 2.09. The molecule has 5 nitrogen and oxygen atoms in total. The molecule has 0 saturated heterocycles. The first kappa shape index (κ1) is 16.7. The Labute approximate surface area is 121 Å². The van der Waals surface area contributed by atoms with E-state index in [0.717, 1.165) is 31.5 Å². The number of rotatable bonds is 9. The second-order valence-electron chi connectivity index (χ2n) is 5.38. The summed E-state index contributed by atoms with van der Waals surface area (Å²) in [4.78, 5) is 12.2. The van der Waals surface area contributed by atoms with Crippen LogP contribution in [0.4, 0.5) is 0 Å². The number of nitrogens with two attached hydrogens (primary N) is 1. The second kappa shape index (κ2) is 8.74. The minimum absolute atomic E-state index is 0.0227. The van der Waals surface area contributed by atoms with Crippen LogP contribution < -0.4 is 11.1 Å². The van der Waals surface area contributed by atoms with Gasteiger partial charge in [-0.1, -0.05) is 26.2 Å². The molecule has 0 aromatic carbocycles. The lowest BCUT2D eigenvalue weighted by molar-refractivity contribution is 0.0937. The largest absolute Gasteiger partial charge is 0.349 e. The third kappa shape index (κ3) is 4.96. The van der Waals surface area contributed by atoms with Crippen LogP contribution in [0.1, 0.15) is 62.0 Å². The molecule has 1 rings (SSSR count). The number of amides is 1. The predicted molar refractivity (Wildman–Crippen MR) is 81.7 cm³/mol. The van der Waals surface area contributed by atoms with Gasteiger partial charge in [0.15, 0.2) is 0 Å². The van der Waals surface area contributed by atoms with Crippen molar-refractivity contribution in [3.63, 3.8) is 0 Å². The van der Waals surface area contributed by atoms with E-state index in [-0.39, 0.29) is 11.9 Å². The highest BCUT2D eigenvalue weighted by atomic mass is 16.1. The fourth-order valence-electron chi connectivity index (χ4n) is 2.21. The molecule has 114 valence electrons. The van der Waals surface area contributed by atoms with E-state index in [1.54, 1.807) is 6.20 Å². The van der Waals surface area contributed by atoms with Crippen LogP contribution in [0.15, 0.2) is 6.20 Å². The van der Waals surface area contributed by atoms with E-state index in [1.807, 2.05) is 11.6 Å². The molecular formula is C15H28N4O. The summed E-state index contributed by atoms with van der Waals surface area (Å²) >= 11 is 0. The maximum atomic E-state index is 12.2. The van der Waals surface area contributed by atoms with Gasteiger partial charge in [0.25, 0.3) is 5.91 Å². The minimum Gasteiger partial charge on any atom is -0.349 e. The lowest BCUT2D eigenvalue weighted by atomic mass is 10.1.